The molecule has 0 aliphatic carbocycles. The summed E-state index contributed by atoms with van der Waals surface area (Å²) in [5.74, 6) is -1.21. The topological polar surface area (TPSA) is 119 Å². The first kappa shape index (κ1) is 18.8. The predicted molar refractivity (Wildman–Crippen MR) is 93.5 cm³/mol. The molecular weight excluding hydrogens is 362 g/mol. The number of sulfone groups is 1. The Kier molecular flexibility index (Phi) is 4.60. The number of ether oxygens (including phenoxy) is 2. The van der Waals surface area contributed by atoms with Crippen LogP contribution in [0.2, 0.25) is 0 Å². The molecule has 1 fully saturated rings. The standard InChI is InChI=1S/C16H23N3O6S/c1-9-7-24-8-10-5-6-25-11-12(16(2,3)26(4,22)23)17-13(15(20)21)18-14(11)19(9)10/h9-10H,5-8H2,1-4H3,(H,20,21)/t9-,10?/m1/s1. The van der Waals surface area contributed by atoms with Gasteiger partial charge in [0.25, 0.3) is 0 Å². The van der Waals surface area contributed by atoms with Gasteiger partial charge in [0.15, 0.2) is 21.4 Å². The molecule has 1 aromatic heterocycles. The highest BCUT2D eigenvalue weighted by Crippen LogP contribution is 2.42. The number of carboxylic acid groups (broad SMARTS) is 1. The summed E-state index contributed by atoms with van der Waals surface area (Å²) in [7, 11) is -3.59. The van der Waals surface area contributed by atoms with Crippen LogP contribution in [0.1, 0.15) is 43.5 Å². The van der Waals surface area contributed by atoms with E-state index in [1.165, 1.54) is 13.8 Å². The number of aromatic nitrogens is 2. The molecule has 3 heterocycles. The lowest BCUT2D eigenvalue weighted by molar-refractivity contribution is 0.0665. The van der Waals surface area contributed by atoms with E-state index in [4.69, 9.17) is 9.47 Å². The quantitative estimate of drug-likeness (QED) is 0.807. The number of hydrogen-bond acceptors (Lipinski definition) is 8. The third kappa shape index (κ3) is 3.01. The molecule has 2 aliphatic rings. The zero-order valence-corrected chi connectivity index (χ0v) is 16.0. The van der Waals surface area contributed by atoms with Crippen LogP contribution in [0.25, 0.3) is 0 Å². The Morgan fingerprint density at radius 2 is 2.00 bits per heavy atom. The lowest BCUT2D eigenvalue weighted by atomic mass is 10.1. The minimum absolute atomic E-state index is 0.0225. The van der Waals surface area contributed by atoms with E-state index in [0.29, 0.717) is 32.1 Å². The van der Waals surface area contributed by atoms with Gasteiger partial charge in [0.05, 0.1) is 31.9 Å². The molecule has 1 saturated heterocycles. The maximum atomic E-state index is 12.4. The zero-order chi connectivity index (χ0) is 19.3. The van der Waals surface area contributed by atoms with E-state index in [-0.39, 0.29) is 23.5 Å². The fourth-order valence-electron chi connectivity index (χ4n) is 3.22. The van der Waals surface area contributed by atoms with Gasteiger partial charge in [0.1, 0.15) is 10.4 Å². The molecule has 9 nitrogen and oxygen atoms in total. The van der Waals surface area contributed by atoms with E-state index in [2.05, 4.69) is 9.97 Å². The van der Waals surface area contributed by atoms with Crippen molar-refractivity contribution in [1.29, 1.82) is 0 Å². The summed E-state index contributed by atoms with van der Waals surface area (Å²) >= 11 is 0. The van der Waals surface area contributed by atoms with Gasteiger partial charge in [-0.25, -0.2) is 23.2 Å². The first-order valence-electron chi connectivity index (χ1n) is 8.38. The monoisotopic (exact) mass is 385 g/mol. The summed E-state index contributed by atoms with van der Waals surface area (Å²) in [6.07, 6.45) is 1.75. The van der Waals surface area contributed by atoms with E-state index in [1.54, 1.807) is 0 Å². The van der Waals surface area contributed by atoms with E-state index in [0.717, 1.165) is 6.26 Å². The molecule has 2 atom stereocenters. The predicted octanol–water partition coefficient (Wildman–Crippen LogP) is 0.831. The minimum atomic E-state index is -3.59. The van der Waals surface area contributed by atoms with Crippen molar-refractivity contribution in [3.8, 4) is 5.75 Å². The van der Waals surface area contributed by atoms with Gasteiger partial charge in [-0.15, -0.1) is 0 Å². The zero-order valence-electron chi connectivity index (χ0n) is 15.2. The lowest BCUT2D eigenvalue weighted by Crippen LogP contribution is -2.51. The van der Waals surface area contributed by atoms with Crippen LogP contribution in [-0.4, -0.2) is 67.6 Å². The smallest absolute Gasteiger partial charge is 0.374 e. The molecule has 0 saturated carbocycles. The molecule has 1 aromatic rings. The Morgan fingerprint density at radius 1 is 1.31 bits per heavy atom. The largest absolute Gasteiger partial charge is 0.488 e. The molecule has 0 aromatic carbocycles. The van der Waals surface area contributed by atoms with Gasteiger partial charge in [-0.2, -0.15) is 0 Å². The van der Waals surface area contributed by atoms with E-state index >= 15 is 0 Å². The Balaban J connectivity index is 2.30. The number of rotatable bonds is 3. The first-order chi connectivity index (χ1) is 12.0. The number of nitrogens with zero attached hydrogens (tertiary/aromatic N) is 3. The highest BCUT2D eigenvalue weighted by molar-refractivity contribution is 7.91. The molecule has 26 heavy (non-hydrogen) atoms. The fraction of sp³-hybridized carbons (Fsp3) is 0.688. The van der Waals surface area contributed by atoms with Gasteiger partial charge in [-0.1, -0.05) is 0 Å². The second kappa shape index (κ2) is 6.34. The third-order valence-electron chi connectivity index (χ3n) is 5.02. The van der Waals surface area contributed by atoms with Crippen molar-refractivity contribution in [1.82, 2.24) is 9.97 Å². The van der Waals surface area contributed by atoms with Crippen LogP contribution in [0, 0.1) is 0 Å². The summed E-state index contributed by atoms with van der Waals surface area (Å²) in [5.41, 5.74) is 0.0711. The van der Waals surface area contributed by atoms with Crippen molar-refractivity contribution < 1.29 is 27.8 Å². The number of morpholine rings is 1. The molecule has 0 spiro atoms. The normalized spacial score (nSPS) is 23.5. The molecule has 0 bridgehead atoms. The minimum Gasteiger partial charge on any atom is -0.488 e. The second-order valence-electron chi connectivity index (χ2n) is 7.22. The van der Waals surface area contributed by atoms with Gasteiger partial charge in [-0.3, -0.25) is 0 Å². The number of hydrogen-bond donors (Lipinski definition) is 1. The summed E-state index contributed by atoms with van der Waals surface area (Å²) in [5, 5.41) is 9.45. The van der Waals surface area contributed by atoms with E-state index < -0.39 is 26.4 Å². The first-order valence-corrected chi connectivity index (χ1v) is 10.3. The van der Waals surface area contributed by atoms with Gasteiger partial charge in [-0.05, 0) is 20.8 Å². The Labute approximate surface area is 152 Å². The van der Waals surface area contributed by atoms with Crippen molar-refractivity contribution in [3.05, 3.63) is 11.5 Å². The highest BCUT2D eigenvalue weighted by atomic mass is 32.2. The van der Waals surface area contributed by atoms with Crippen LogP contribution in [0.15, 0.2) is 0 Å². The molecular formula is C16H23N3O6S. The molecule has 1 N–H and O–H groups in total. The molecule has 2 aliphatic heterocycles. The molecule has 1 unspecified atom stereocenters. The molecule has 0 radical (unpaired) electrons. The molecule has 10 heteroatoms. The van der Waals surface area contributed by atoms with Gasteiger partial charge in [0, 0.05) is 12.7 Å². The maximum Gasteiger partial charge on any atom is 0.374 e. The second-order valence-corrected chi connectivity index (χ2v) is 9.79. The van der Waals surface area contributed by atoms with E-state index in [9.17, 15) is 18.3 Å². The third-order valence-corrected chi connectivity index (χ3v) is 7.06. The highest BCUT2D eigenvalue weighted by Gasteiger charge is 2.43. The maximum absolute atomic E-state index is 12.4. The Morgan fingerprint density at radius 3 is 2.62 bits per heavy atom. The Hall–Kier alpha value is -1.94. The lowest BCUT2D eigenvalue weighted by Gasteiger charge is -2.40. The van der Waals surface area contributed by atoms with Crippen LogP contribution < -0.4 is 9.64 Å². The van der Waals surface area contributed by atoms with Crippen LogP contribution in [0.5, 0.6) is 5.75 Å². The Bertz CT molecular complexity index is 839. The van der Waals surface area contributed by atoms with Gasteiger partial charge < -0.3 is 19.5 Å². The average Bonchev–Trinajstić information content (AvgIpc) is 2.72. The van der Waals surface area contributed by atoms with Crippen LogP contribution in [0.4, 0.5) is 5.82 Å². The van der Waals surface area contributed by atoms with Crippen molar-refractivity contribution in [3.63, 3.8) is 0 Å². The molecule has 3 rings (SSSR count). The van der Waals surface area contributed by atoms with Crippen LogP contribution in [0.3, 0.4) is 0 Å². The van der Waals surface area contributed by atoms with Crippen molar-refractivity contribution in [2.75, 3.05) is 31.0 Å². The molecule has 144 valence electrons. The number of carbonyl (C=O) groups is 1. The van der Waals surface area contributed by atoms with E-state index in [1.807, 2.05) is 11.8 Å². The summed E-state index contributed by atoms with van der Waals surface area (Å²) in [6, 6.07) is -0.0781. The summed E-state index contributed by atoms with van der Waals surface area (Å²) in [6.45, 7) is 6.21. The number of anilines is 1. The van der Waals surface area contributed by atoms with Crippen LogP contribution >= 0.6 is 0 Å². The van der Waals surface area contributed by atoms with Crippen molar-refractivity contribution in [2.24, 2.45) is 0 Å². The van der Waals surface area contributed by atoms with Gasteiger partial charge in [0.2, 0.25) is 5.82 Å². The van der Waals surface area contributed by atoms with Gasteiger partial charge >= 0.3 is 5.97 Å². The summed E-state index contributed by atoms with van der Waals surface area (Å²) < 4.78 is 34.7. The van der Waals surface area contributed by atoms with Crippen LogP contribution in [-0.2, 0) is 19.3 Å². The molecule has 0 amide bonds. The SMILES string of the molecule is C[C@@H]1COCC2CCOc3c(nc(C(=O)O)nc3C(C)(C)S(C)(=O)=O)N21. The number of aromatic carboxylic acids is 1. The van der Waals surface area contributed by atoms with Crippen molar-refractivity contribution >= 4 is 21.6 Å². The summed E-state index contributed by atoms with van der Waals surface area (Å²) in [4.78, 5) is 21.8. The number of fused-ring (bicyclic) bond motifs is 3. The number of carboxylic acids is 1. The average molecular weight is 385 g/mol. The fourth-order valence-corrected chi connectivity index (χ4v) is 3.71. The van der Waals surface area contributed by atoms with Crippen molar-refractivity contribution in [2.45, 2.75) is 44.0 Å².